The number of aromatic nitrogens is 1. The maximum atomic E-state index is 5.26. The quantitative estimate of drug-likeness (QED) is 0.197. The molecule has 0 saturated carbocycles. The van der Waals surface area contributed by atoms with Gasteiger partial charge in [0.2, 0.25) is 0 Å². The fourth-order valence-corrected chi connectivity index (χ4v) is 6.06. The van der Waals surface area contributed by atoms with Gasteiger partial charge >= 0.3 is 0 Å². The molecule has 0 aliphatic heterocycles. The lowest BCUT2D eigenvalue weighted by Gasteiger charge is -2.30. The lowest BCUT2D eigenvalue weighted by molar-refractivity contribution is 0.569. The molecule has 2 nitrogen and oxygen atoms in total. The van der Waals surface area contributed by atoms with E-state index in [0.29, 0.717) is 0 Å². The van der Waals surface area contributed by atoms with Crippen LogP contribution < -0.4 is 4.90 Å². The van der Waals surface area contributed by atoms with Gasteiger partial charge in [-0.2, -0.15) is 0 Å². The summed E-state index contributed by atoms with van der Waals surface area (Å²) in [5.41, 5.74) is 8.09. The van der Waals surface area contributed by atoms with Gasteiger partial charge in [-0.15, -0.1) is 0 Å². The number of para-hydroxylation sites is 1. The van der Waals surface area contributed by atoms with Crippen LogP contribution in [-0.2, 0) is 5.41 Å². The van der Waals surface area contributed by atoms with E-state index in [2.05, 4.69) is 177 Å². The molecule has 0 spiro atoms. The van der Waals surface area contributed by atoms with Gasteiger partial charge < -0.3 is 0 Å². The topological polar surface area (TPSA) is 16.1 Å². The van der Waals surface area contributed by atoms with Crippen LogP contribution in [-0.4, -0.2) is 4.98 Å². The Morgan fingerprint density at radius 3 is 1.60 bits per heavy atom. The molecular formula is C41H34N2. The van der Waals surface area contributed by atoms with Crippen LogP contribution in [0.5, 0.6) is 0 Å². The van der Waals surface area contributed by atoms with Crippen molar-refractivity contribution in [2.45, 2.75) is 26.2 Å². The second kappa shape index (κ2) is 10.9. The Hall–Kier alpha value is -5.21. The van der Waals surface area contributed by atoms with Crippen LogP contribution in [0.15, 0.2) is 152 Å². The fourth-order valence-electron chi connectivity index (χ4n) is 6.06. The third-order valence-corrected chi connectivity index (χ3v) is 8.13. The van der Waals surface area contributed by atoms with E-state index >= 15 is 0 Å². The molecule has 1 heterocycles. The van der Waals surface area contributed by atoms with Crippen molar-refractivity contribution in [1.82, 2.24) is 4.98 Å². The first-order valence-corrected chi connectivity index (χ1v) is 14.9. The number of pyridine rings is 1. The Kier molecular flexibility index (Phi) is 6.75. The Morgan fingerprint density at radius 2 is 0.977 bits per heavy atom. The molecule has 0 amide bonds. The maximum Gasteiger partial charge on any atom is 0.137 e. The lowest BCUT2D eigenvalue weighted by Crippen LogP contribution is -2.18. The number of nitrogens with zero attached hydrogens (tertiary/aromatic N) is 2. The molecule has 6 aromatic carbocycles. The summed E-state index contributed by atoms with van der Waals surface area (Å²) in [5.74, 6) is 0.910. The van der Waals surface area contributed by atoms with Crippen molar-refractivity contribution in [3.63, 3.8) is 0 Å². The Bertz CT molecular complexity index is 2000. The Balaban J connectivity index is 1.55. The van der Waals surface area contributed by atoms with Crippen molar-refractivity contribution >= 4 is 38.7 Å². The van der Waals surface area contributed by atoms with E-state index in [1.807, 2.05) is 0 Å². The Morgan fingerprint density at radius 1 is 0.465 bits per heavy atom. The average Bonchev–Trinajstić information content (AvgIpc) is 3.05. The zero-order valence-corrected chi connectivity index (χ0v) is 24.8. The maximum absolute atomic E-state index is 5.26. The van der Waals surface area contributed by atoms with Gasteiger partial charge in [0.1, 0.15) is 5.82 Å². The number of benzene rings is 6. The van der Waals surface area contributed by atoms with Crippen LogP contribution in [0.2, 0.25) is 0 Å². The predicted octanol–water partition coefficient (Wildman–Crippen LogP) is 11.5. The van der Waals surface area contributed by atoms with Crippen LogP contribution in [0.4, 0.5) is 17.2 Å². The van der Waals surface area contributed by atoms with Crippen molar-refractivity contribution in [1.29, 1.82) is 0 Å². The molecule has 0 bridgehead atoms. The highest BCUT2D eigenvalue weighted by Crippen LogP contribution is 2.48. The molecule has 208 valence electrons. The molecule has 1 aromatic heterocycles. The summed E-state index contributed by atoms with van der Waals surface area (Å²) in [6, 6.07) is 54.2. The van der Waals surface area contributed by atoms with E-state index in [-0.39, 0.29) is 5.41 Å². The minimum absolute atomic E-state index is 0.0733. The van der Waals surface area contributed by atoms with Crippen LogP contribution in [0.25, 0.3) is 43.8 Å². The lowest BCUT2D eigenvalue weighted by atomic mass is 9.88. The van der Waals surface area contributed by atoms with Gasteiger partial charge in [0.15, 0.2) is 0 Å². The van der Waals surface area contributed by atoms with Gasteiger partial charge in [-0.25, -0.2) is 4.98 Å². The van der Waals surface area contributed by atoms with E-state index in [1.165, 1.54) is 43.8 Å². The number of anilines is 3. The first-order chi connectivity index (χ1) is 21.0. The summed E-state index contributed by atoms with van der Waals surface area (Å²) >= 11 is 0. The van der Waals surface area contributed by atoms with Gasteiger partial charge in [-0.05, 0) is 63.4 Å². The fraction of sp³-hybridized carbons (Fsp3) is 0.0976. The van der Waals surface area contributed by atoms with Gasteiger partial charge in [-0.1, -0.05) is 142 Å². The predicted molar refractivity (Wildman–Crippen MR) is 184 cm³/mol. The summed E-state index contributed by atoms with van der Waals surface area (Å²) in [6.07, 6.45) is 0. The second-order valence-electron chi connectivity index (χ2n) is 12.1. The third-order valence-electron chi connectivity index (χ3n) is 8.13. The van der Waals surface area contributed by atoms with Crippen LogP contribution in [0, 0.1) is 0 Å². The van der Waals surface area contributed by atoms with E-state index in [1.54, 1.807) is 0 Å². The normalized spacial score (nSPS) is 11.6. The molecule has 0 aliphatic rings. The summed E-state index contributed by atoms with van der Waals surface area (Å²) in [6.45, 7) is 6.65. The van der Waals surface area contributed by atoms with Gasteiger partial charge in [0, 0.05) is 27.6 Å². The van der Waals surface area contributed by atoms with E-state index in [4.69, 9.17) is 4.98 Å². The van der Waals surface area contributed by atoms with Crippen molar-refractivity contribution in [3.8, 4) is 22.3 Å². The molecule has 0 unspecified atom stereocenters. The number of hydrogen-bond donors (Lipinski definition) is 0. The minimum atomic E-state index is -0.0733. The highest BCUT2D eigenvalue weighted by atomic mass is 15.2. The smallest absolute Gasteiger partial charge is 0.137 e. The zero-order valence-electron chi connectivity index (χ0n) is 24.8. The van der Waals surface area contributed by atoms with Crippen molar-refractivity contribution in [2.24, 2.45) is 0 Å². The summed E-state index contributed by atoms with van der Waals surface area (Å²) in [4.78, 5) is 7.60. The second-order valence-corrected chi connectivity index (χ2v) is 12.1. The third kappa shape index (κ3) is 4.96. The summed E-state index contributed by atoms with van der Waals surface area (Å²) in [5, 5.41) is 4.81. The van der Waals surface area contributed by atoms with Gasteiger partial charge in [-0.3, -0.25) is 4.90 Å². The average molecular weight is 555 g/mol. The number of hydrogen-bond acceptors (Lipinski definition) is 2. The van der Waals surface area contributed by atoms with E-state index in [0.717, 1.165) is 22.9 Å². The monoisotopic (exact) mass is 554 g/mol. The molecule has 0 aliphatic carbocycles. The summed E-state index contributed by atoms with van der Waals surface area (Å²) in [7, 11) is 0. The first-order valence-electron chi connectivity index (χ1n) is 14.9. The standard InChI is InChI=1S/C41H34N2/c1-41(2,3)37-26-15-27-38(42-37)43(32-20-8-5-9-21-32)40-35-24-12-10-22-33(35)39(34-23-11-13-25-36(34)40)31-19-14-18-30(28-31)29-16-6-4-7-17-29/h4-28H,1-3H3. The highest BCUT2D eigenvalue weighted by Gasteiger charge is 2.24. The molecule has 7 rings (SSSR count). The van der Waals surface area contributed by atoms with Crippen molar-refractivity contribution in [2.75, 3.05) is 4.90 Å². The van der Waals surface area contributed by atoms with E-state index in [9.17, 15) is 0 Å². The van der Waals surface area contributed by atoms with Crippen LogP contribution >= 0.6 is 0 Å². The molecule has 43 heavy (non-hydrogen) atoms. The number of fused-ring (bicyclic) bond motifs is 2. The molecule has 0 N–H and O–H groups in total. The van der Waals surface area contributed by atoms with Gasteiger partial charge in [0.25, 0.3) is 0 Å². The number of rotatable bonds is 5. The van der Waals surface area contributed by atoms with E-state index < -0.39 is 0 Å². The van der Waals surface area contributed by atoms with Gasteiger partial charge in [0.05, 0.1) is 5.69 Å². The minimum Gasteiger partial charge on any atom is -0.294 e. The van der Waals surface area contributed by atoms with Crippen molar-refractivity contribution in [3.05, 3.63) is 157 Å². The highest BCUT2D eigenvalue weighted by molar-refractivity contribution is 6.22. The largest absolute Gasteiger partial charge is 0.294 e. The molecular weight excluding hydrogens is 520 g/mol. The molecule has 2 heteroatoms. The van der Waals surface area contributed by atoms with Crippen LogP contribution in [0.3, 0.4) is 0 Å². The zero-order chi connectivity index (χ0) is 29.4. The molecule has 0 atom stereocenters. The van der Waals surface area contributed by atoms with Crippen LogP contribution in [0.1, 0.15) is 26.5 Å². The van der Waals surface area contributed by atoms with Crippen molar-refractivity contribution < 1.29 is 0 Å². The SMILES string of the molecule is CC(C)(C)c1cccc(N(c2ccccc2)c2c3ccccc3c(-c3cccc(-c4ccccc4)c3)c3ccccc23)n1. The molecule has 0 radical (unpaired) electrons. The summed E-state index contributed by atoms with van der Waals surface area (Å²) < 4.78 is 0. The first kappa shape index (κ1) is 26.7. The molecule has 0 fully saturated rings. The molecule has 0 saturated heterocycles. The molecule has 7 aromatic rings. The Labute approximate surface area is 253 Å².